The minimum absolute atomic E-state index is 0.196. The van der Waals surface area contributed by atoms with Crippen LogP contribution in [-0.4, -0.2) is 23.9 Å². The third-order valence-electron chi connectivity index (χ3n) is 4.14. The average molecular weight is 288 g/mol. The number of hydrogen-bond acceptors (Lipinski definition) is 4. The molecular weight excluding hydrogens is 268 g/mol. The van der Waals surface area contributed by atoms with Crippen molar-refractivity contribution >= 4 is 11.8 Å². The lowest BCUT2D eigenvalue weighted by atomic mass is 10.0. The first kappa shape index (κ1) is 14.0. The molecule has 112 valence electrons. The molecule has 21 heavy (non-hydrogen) atoms. The zero-order chi connectivity index (χ0) is 14.8. The minimum atomic E-state index is -0.791. The van der Waals surface area contributed by atoms with Gasteiger partial charge < -0.3 is 11.1 Å². The van der Waals surface area contributed by atoms with Crippen LogP contribution in [0.4, 0.5) is 0 Å². The molecule has 3 rings (SSSR count). The highest BCUT2D eigenvalue weighted by Crippen LogP contribution is 2.35. The molecule has 0 bridgehead atoms. The smallest absolute Gasteiger partial charge is 0.244 e. The molecule has 0 aromatic heterocycles. The Morgan fingerprint density at radius 3 is 2.52 bits per heavy atom. The van der Waals surface area contributed by atoms with Gasteiger partial charge in [-0.25, -0.2) is 5.43 Å². The number of nitrogens with two attached hydrogens (primary N) is 1. The highest BCUT2D eigenvalue weighted by Gasteiger charge is 2.39. The number of hydrogen-bond donors (Lipinski definition) is 4. The standard InChI is InChI=1S/C15H20N4O2/c16-14(20)13(10-4-2-1-3-5-10)17-15(21)12-8-11(18-19-12)9-6-7-9/h1-5,9,11-13,18-19H,6-8H2,(H2,16,20)(H,17,21). The second-order valence-electron chi connectivity index (χ2n) is 5.78. The van der Waals surface area contributed by atoms with E-state index in [1.165, 1.54) is 12.8 Å². The summed E-state index contributed by atoms with van der Waals surface area (Å²) in [5, 5.41) is 2.74. The van der Waals surface area contributed by atoms with Gasteiger partial charge in [-0.15, -0.1) is 0 Å². The van der Waals surface area contributed by atoms with E-state index in [2.05, 4.69) is 16.2 Å². The van der Waals surface area contributed by atoms with Gasteiger partial charge in [0.1, 0.15) is 12.1 Å². The van der Waals surface area contributed by atoms with Gasteiger partial charge in [-0.1, -0.05) is 30.3 Å². The number of carbonyl (C=O) groups is 2. The first-order valence-electron chi connectivity index (χ1n) is 7.31. The van der Waals surface area contributed by atoms with Crippen LogP contribution >= 0.6 is 0 Å². The van der Waals surface area contributed by atoms with Crippen molar-refractivity contribution in [1.29, 1.82) is 0 Å². The number of rotatable bonds is 5. The van der Waals surface area contributed by atoms with Gasteiger partial charge in [0.2, 0.25) is 11.8 Å². The summed E-state index contributed by atoms with van der Waals surface area (Å²) in [5.74, 6) is -0.0751. The Labute approximate surface area is 123 Å². The average Bonchev–Trinajstić information content (AvgIpc) is 3.22. The molecule has 5 N–H and O–H groups in total. The maximum atomic E-state index is 12.3. The molecular formula is C15H20N4O2. The van der Waals surface area contributed by atoms with Gasteiger partial charge in [-0.3, -0.25) is 15.0 Å². The Balaban J connectivity index is 1.63. The van der Waals surface area contributed by atoms with Gasteiger partial charge in [-0.2, -0.15) is 0 Å². The third kappa shape index (κ3) is 3.22. The van der Waals surface area contributed by atoms with E-state index < -0.39 is 11.9 Å². The molecule has 0 radical (unpaired) electrons. The summed E-state index contributed by atoms with van der Waals surface area (Å²) < 4.78 is 0. The Hall–Kier alpha value is -1.92. The zero-order valence-electron chi connectivity index (χ0n) is 11.7. The van der Waals surface area contributed by atoms with Crippen LogP contribution in [0, 0.1) is 5.92 Å². The van der Waals surface area contributed by atoms with Gasteiger partial charge in [0, 0.05) is 6.04 Å². The van der Waals surface area contributed by atoms with Crippen LogP contribution in [0.2, 0.25) is 0 Å². The Morgan fingerprint density at radius 2 is 1.90 bits per heavy atom. The van der Waals surface area contributed by atoms with Crippen molar-refractivity contribution in [3.8, 4) is 0 Å². The van der Waals surface area contributed by atoms with Crippen molar-refractivity contribution in [2.24, 2.45) is 11.7 Å². The first-order valence-corrected chi connectivity index (χ1v) is 7.31. The van der Waals surface area contributed by atoms with E-state index in [1.54, 1.807) is 12.1 Å². The van der Waals surface area contributed by atoms with E-state index in [1.807, 2.05) is 18.2 Å². The number of carbonyl (C=O) groups excluding carboxylic acids is 2. The molecule has 1 aromatic carbocycles. The van der Waals surface area contributed by atoms with E-state index in [-0.39, 0.29) is 11.9 Å². The van der Waals surface area contributed by atoms with E-state index in [0.29, 0.717) is 17.5 Å². The van der Waals surface area contributed by atoms with E-state index in [9.17, 15) is 9.59 Å². The largest absolute Gasteiger partial charge is 0.368 e. The van der Waals surface area contributed by atoms with Crippen LogP contribution in [0.25, 0.3) is 0 Å². The van der Waals surface area contributed by atoms with Gasteiger partial charge >= 0.3 is 0 Å². The second kappa shape index (κ2) is 5.83. The lowest BCUT2D eigenvalue weighted by molar-refractivity contribution is -0.128. The van der Waals surface area contributed by atoms with E-state index in [0.717, 1.165) is 6.42 Å². The maximum Gasteiger partial charge on any atom is 0.244 e. The molecule has 2 aliphatic rings. The summed E-state index contributed by atoms with van der Waals surface area (Å²) >= 11 is 0. The normalized spacial score (nSPS) is 26.3. The van der Waals surface area contributed by atoms with Gasteiger partial charge in [0.15, 0.2) is 0 Å². The van der Waals surface area contributed by atoms with E-state index >= 15 is 0 Å². The van der Waals surface area contributed by atoms with Crippen molar-refractivity contribution < 1.29 is 9.59 Å². The Bertz CT molecular complexity index is 530. The molecule has 3 atom stereocenters. The molecule has 1 saturated carbocycles. The van der Waals surface area contributed by atoms with Crippen molar-refractivity contribution in [3.05, 3.63) is 35.9 Å². The molecule has 1 aliphatic carbocycles. The highest BCUT2D eigenvalue weighted by molar-refractivity contribution is 5.90. The van der Waals surface area contributed by atoms with Crippen LogP contribution < -0.4 is 21.9 Å². The summed E-state index contributed by atoms with van der Waals surface area (Å²) in [7, 11) is 0. The quantitative estimate of drug-likeness (QED) is 0.612. The monoisotopic (exact) mass is 288 g/mol. The number of hydrazine groups is 1. The fourth-order valence-electron chi connectivity index (χ4n) is 2.77. The molecule has 3 unspecified atom stereocenters. The predicted molar refractivity (Wildman–Crippen MR) is 77.7 cm³/mol. The molecule has 1 aliphatic heterocycles. The molecule has 1 saturated heterocycles. The molecule has 2 fully saturated rings. The van der Waals surface area contributed by atoms with Crippen LogP contribution in [-0.2, 0) is 9.59 Å². The summed E-state index contributed by atoms with van der Waals surface area (Å²) in [6, 6.07) is 8.29. The van der Waals surface area contributed by atoms with Gasteiger partial charge in [0.25, 0.3) is 0 Å². The minimum Gasteiger partial charge on any atom is -0.368 e. The Kier molecular flexibility index (Phi) is 3.90. The molecule has 6 heteroatoms. The molecule has 2 amide bonds. The fourth-order valence-corrected chi connectivity index (χ4v) is 2.77. The predicted octanol–water partition coefficient (Wildman–Crippen LogP) is -0.0257. The number of nitrogens with one attached hydrogen (secondary N) is 3. The Morgan fingerprint density at radius 1 is 1.19 bits per heavy atom. The van der Waals surface area contributed by atoms with Gasteiger partial charge in [-0.05, 0) is 30.7 Å². The summed E-state index contributed by atoms with van der Waals surface area (Å²) in [5.41, 5.74) is 12.3. The topological polar surface area (TPSA) is 96.2 Å². The molecule has 1 aromatic rings. The highest BCUT2D eigenvalue weighted by atomic mass is 16.2. The summed E-state index contributed by atoms with van der Waals surface area (Å²) in [4.78, 5) is 23.9. The van der Waals surface area contributed by atoms with Crippen LogP contribution in [0.5, 0.6) is 0 Å². The third-order valence-corrected chi connectivity index (χ3v) is 4.14. The summed E-state index contributed by atoms with van der Waals surface area (Å²) in [6.07, 6.45) is 3.19. The van der Waals surface area contributed by atoms with Crippen LogP contribution in [0.15, 0.2) is 30.3 Å². The van der Waals surface area contributed by atoms with Gasteiger partial charge in [0.05, 0.1) is 0 Å². The van der Waals surface area contributed by atoms with Crippen molar-refractivity contribution in [2.45, 2.75) is 37.4 Å². The lowest BCUT2D eigenvalue weighted by Crippen LogP contribution is -2.47. The lowest BCUT2D eigenvalue weighted by Gasteiger charge is -2.18. The SMILES string of the molecule is NC(=O)C(NC(=O)C1CC(C2CC2)NN1)c1ccccc1. The molecule has 0 spiro atoms. The first-order chi connectivity index (χ1) is 10.1. The number of primary amides is 1. The summed E-state index contributed by atoms with van der Waals surface area (Å²) in [6.45, 7) is 0. The van der Waals surface area contributed by atoms with Crippen molar-refractivity contribution in [3.63, 3.8) is 0 Å². The van der Waals surface area contributed by atoms with Crippen molar-refractivity contribution in [1.82, 2.24) is 16.2 Å². The van der Waals surface area contributed by atoms with Crippen LogP contribution in [0.3, 0.4) is 0 Å². The number of amides is 2. The fraction of sp³-hybridized carbons (Fsp3) is 0.467. The van der Waals surface area contributed by atoms with Crippen LogP contribution in [0.1, 0.15) is 30.9 Å². The second-order valence-corrected chi connectivity index (χ2v) is 5.78. The van der Waals surface area contributed by atoms with E-state index in [4.69, 9.17) is 5.73 Å². The number of benzene rings is 1. The zero-order valence-corrected chi connectivity index (χ0v) is 11.7. The van der Waals surface area contributed by atoms with Crippen molar-refractivity contribution in [2.75, 3.05) is 0 Å². The molecule has 6 nitrogen and oxygen atoms in total. The maximum absolute atomic E-state index is 12.3. The molecule has 1 heterocycles.